The molecule has 0 amide bonds. The number of rotatable bonds is 2. The van der Waals surface area contributed by atoms with Crippen LogP contribution >= 0.6 is 0 Å². The zero-order valence-electron chi connectivity index (χ0n) is 8.26. The van der Waals surface area contributed by atoms with Crippen LogP contribution in [0.5, 0.6) is 0 Å². The van der Waals surface area contributed by atoms with Crippen LogP contribution in [0.3, 0.4) is 0 Å². The van der Waals surface area contributed by atoms with Crippen molar-refractivity contribution in [2.45, 2.75) is 25.3 Å². The molecule has 0 spiro atoms. The number of pyridine rings is 1. The molecular weight excluding hydrogens is 176 g/mol. The van der Waals surface area contributed by atoms with Crippen molar-refractivity contribution < 1.29 is 5.11 Å². The van der Waals surface area contributed by atoms with Gasteiger partial charge in [0.05, 0.1) is 24.5 Å². The minimum atomic E-state index is 0.245. The highest BCUT2D eigenvalue weighted by Gasteiger charge is 2.21. The van der Waals surface area contributed by atoms with Gasteiger partial charge in [-0.05, 0) is 31.4 Å². The molecule has 1 aromatic heterocycles. The van der Waals surface area contributed by atoms with E-state index in [0.29, 0.717) is 0 Å². The molecule has 0 aliphatic carbocycles. The maximum absolute atomic E-state index is 9.26. The van der Waals surface area contributed by atoms with Gasteiger partial charge in [0, 0.05) is 12.7 Å². The highest BCUT2D eigenvalue weighted by atomic mass is 16.3. The smallest absolute Gasteiger partial charge is 0.0635 e. The summed E-state index contributed by atoms with van der Waals surface area (Å²) in [5.41, 5.74) is 1.13. The van der Waals surface area contributed by atoms with Crippen LogP contribution in [-0.2, 0) is 0 Å². The van der Waals surface area contributed by atoms with E-state index in [2.05, 4.69) is 16.0 Å². The summed E-state index contributed by atoms with van der Waals surface area (Å²) in [6.07, 6.45) is 7.17. The fraction of sp³-hybridized carbons (Fsp3) is 0.545. The first-order chi connectivity index (χ1) is 6.92. The predicted octanol–water partition coefficient (Wildman–Crippen LogP) is 1.43. The van der Waals surface area contributed by atoms with Gasteiger partial charge in [0.15, 0.2) is 0 Å². The highest BCUT2D eigenvalue weighted by Crippen LogP contribution is 2.23. The van der Waals surface area contributed by atoms with Crippen LogP contribution < -0.4 is 4.90 Å². The Kier molecular flexibility index (Phi) is 2.99. The Labute approximate surface area is 84.4 Å². The molecule has 1 fully saturated rings. The van der Waals surface area contributed by atoms with Crippen molar-refractivity contribution in [3.63, 3.8) is 0 Å². The molecule has 1 N–H and O–H groups in total. The van der Waals surface area contributed by atoms with E-state index in [4.69, 9.17) is 0 Å². The van der Waals surface area contributed by atoms with Crippen LogP contribution in [0.4, 0.5) is 5.69 Å². The Hall–Kier alpha value is -1.09. The second-order valence-corrected chi connectivity index (χ2v) is 3.74. The summed E-state index contributed by atoms with van der Waals surface area (Å²) in [6, 6.07) is 4.28. The van der Waals surface area contributed by atoms with Crippen molar-refractivity contribution in [1.29, 1.82) is 0 Å². The lowest BCUT2D eigenvalue weighted by Gasteiger charge is -2.36. The van der Waals surface area contributed by atoms with E-state index in [9.17, 15) is 5.11 Å². The van der Waals surface area contributed by atoms with E-state index in [1.165, 1.54) is 12.8 Å². The molecule has 14 heavy (non-hydrogen) atoms. The first-order valence-corrected chi connectivity index (χ1v) is 5.19. The second kappa shape index (κ2) is 4.42. The Bertz CT molecular complexity index is 276. The van der Waals surface area contributed by atoms with E-state index in [1.807, 2.05) is 12.3 Å². The molecule has 0 aromatic carbocycles. The van der Waals surface area contributed by atoms with Gasteiger partial charge in [0.25, 0.3) is 0 Å². The molecule has 0 bridgehead atoms. The largest absolute Gasteiger partial charge is 0.394 e. The summed E-state index contributed by atoms with van der Waals surface area (Å²) in [7, 11) is 0. The Balaban J connectivity index is 2.15. The molecule has 0 unspecified atom stereocenters. The topological polar surface area (TPSA) is 36.4 Å². The zero-order valence-corrected chi connectivity index (χ0v) is 8.26. The van der Waals surface area contributed by atoms with Crippen molar-refractivity contribution in [2.24, 2.45) is 0 Å². The van der Waals surface area contributed by atoms with Crippen LogP contribution in [0.2, 0.25) is 0 Å². The fourth-order valence-corrected chi connectivity index (χ4v) is 2.05. The summed E-state index contributed by atoms with van der Waals surface area (Å²) in [5.74, 6) is 0. The van der Waals surface area contributed by atoms with E-state index in [1.54, 1.807) is 6.20 Å². The van der Waals surface area contributed by atoms with Crippen molar-refractivity contribution >= 4 is 5.69 Å². The number of nitrogens with zero attached hydrogens (tertiary/aromatic N) is 2. The lowest BCUT2D eigenvalue weighted by atomic mass is 10.0. The van der Waals surface area contributed by atoms with Gasteiger partial charge in [-0.15, -0.1) is 0 Å². The molecule has 1 aliphatic rings. The van der Waals surface area contributed by atoms with Crippen LogP contribution in [0.25, 0.3) is 0 Å². The Morgan fingerprint density at radius 2 is 2.43 bits per heavy atom. The van der Waals surface area contributed by atoms with Gasteiger partial charge in [0.2, 0.25) is 0 Å². The molecule has 3 nitrogen and oxygen atoms in total. The Morgan fingerprint density at radius 1 is 1.50 bits per heavy atom. The molecule has 1 saturated heterocycles. The minimum Gasteiger partial charge on any atom is -0.394 e. The van der Waals surface area contributed by atoms with Crippen LogP contribution in [0.15, 0.2) is 24.5 Å². The molecular formula is C11H16N2O. The zero-order chi connectivity index (χ0) is 9.80. The van der Waals surface area contributed by atoms with Gasteiger partial charge in [-0.3, -0.25) is 4.98 Å². The summed E-state index contributed by atoms with van der Waals surface area (Å²) >= 11 is 0. The van der Waals surface area contributed by atoms with E-state index in [0.717, 1.165) is 18.7 Å². The van der Waals surface area contributed by atoms with Gasteiger partial charge in [-0.2, -0.15) is 0 Å². The predicted molar refractivity (Wildman–Crippen MR) is 56.3 cm³/mol. The first-order valence-electron chi connectivity index (χ1n) is 5.19. The molecule has 1 aromatic rings. The number of anilines is 1. The van der Waals surface area contributed by atoms with E-state index >= 15 is 0 Å². The number of aliphatic hydroxyl groups excluding tert-OH is 1. The summed E-state index contributed by atoms with van der Waals surface area (Å²) in [5, 5.41) is 9.26. The third-order valence-corrected chi connectivity index (χ3v) is 2.82. The summed E-state index contributed by atoms with van der Waals surface area (Å²) < 4.78 is 0. The molecule has 2 heterocycles. The molecule has 76 valence electrons. The van der Waals surface area contributed by atoms with Gasteiger partial charge < -0.3 is 10.0 Å². The van der Waals surface area contributed by atoms with Crippen LogP contribution in [0.1, 0.15) is 19.3 Å². The van der Waals surface area contributed by atoms with Crippen LogP contribution in [0, 0.1) is 0 Å². The average Bonchev–Trinajstić information content (AvgIpc) is 2.30. The van der Waals surface area contributed by atoms with Crippen molar-refractivity contribution in [3.05, 3.63) is 24.5 Å². The Morgan fingerprint density at radius 3 is 3.14 bits per heavy atom. The van der Waals surface area contributed by atoms with Crippen molar-refractivity contribution in [1.82, 2.24) is 4.98 Å². The first kappa shape index (κ1) is 9.46. The van der Waals surface area contributed by atoms with Crippen molar-refractivity contribution in [3.8, 4) is 0 Å². The normalized spacial score (nSPS) is 22.4. The van der Waals surface area contributed by atoms with E-state index < -0.39 is 0 Å². The number of hydrogen-bond donors (Lipinski definition) is 1. The summed E-state index contributed by atoms with van der Waals surface area (Å²) in [4.78, 5) is 6.37. The van der Waals surface area contributed by atoms with Gasteiger partial charge in [-0.1, -0.05) is 0 Å². The molecule has 1 aliphatic heterocycles. The molecule has 1 atom stereocenters. The maximum atomic E-state index is 9.26. The number of aromatic nitrogens is 1. The minimum absolute atomic E-state index is 0.245. The lowest BCUT2D eigenvalue weighted by Crippen LogP contribution is -2.41. The average molecular weight is 192 g/mol. The monoisotopic (exact) mass is 192 g/mol. The summed E-state index contributed by atoms with van der Waals surface area (Å²) in [6.45, 7) is 1.28. The standard InChI is InChI=1S/C11H16N2O/c14-9-11-4-1-2-7-13(11)10-5-3-6-12-8-10/h3,5-6,8,11,14H,1-2,4,7,9H2/t11-/m0/s1. The van der Waals surface area contributed by atoms with Gasteiger partial charge >= 0.3 is 0 Å². The number of aliphatic hydroxyl groups is 1. The SMILES string of the molecule is OC[C@@H]1CCCCN1c1cccnc1. The highest BCUT2D eigenvalue weighted by molar-refractivity contribution is 5.45. The lowest BCUT2D eigenvalue weighted by molar-refractivity contribution is 0.240. The molecule has 3 heteroatoms. The third-order valence-electron chi connectivity index (χ3n) is 2.82. The van der Waals surface area contributed by atoms with Gasteiger partial charge in [0.1, 0.15) is 0 Å². The third kappa shape index (κ3) is 1.87. The van der Waals surface area contributed by atoms with E-state index in [-0.39, 0.29) is 12.6 Å². The molecule has 0 saturated carbocycles. The number of piperidine rings is 1. The second-order valence-electron chi connectivity index (χ2n) is 3.74. The number of hydrogen-bond acceptors (Lipinski definition) is 3. The van der Waals surface area contributed by atoms with Crippen LogP contribution in [-0.4, -0.2) is 29.3 Å². The fourth-order valence-electron chi connectivity index (χ4n) is 2.05. The molecule has 2 rings (SSSR count). The van der Waals surface area contributed by atoms with Gasteiger partial charge in [-0.25, -0.2) is 0 Å². The van der Waals surface area contributed by atoms with Crippen molar-refractivity contribution in [2.75, 3.05) is 18.1 Å². The molecule has 0 radical (unpaired) electrons. The maximum Gasteiger partial charge on any atom is 0.0635 e. The quantitative estimate of drug-likeness (QED) is 0.770.